The predicted molar refractivity (Wildman–Crippen MR) is 117 cm³/mol. The first-order valence-corrected chi connectivity index (χ1v) is 11.4. The Balaban J connectivity index is 3.26. The second-order valence-electron chi connectivity index (χ2n) is 8.34. The molecule has 0 unspecified atom stereocenters. The van der Waals surface area contributed by atoms with Crippen LogP contribution in [0.2, 0.25) is 0 Å². The lowest BCUT2D eigenvalue weighted by atomic mass is 10.1. The topological polar surface area (TPSA) is 52.2 Å². The van der Waals surface area contributed by atoms with E-state index in [1.165, 1.54) is 70.6 Å². The summed E-state index contributed by atoms with van der Waals surface area (Å²) in [7, 11) is 3.26. The summed E-state index contributed by atoms with van der Waals surface area (Å²) in [5.41, 5.74) is 0. The Morgan fingerprint density at radius 2 is 1.33 bits per heavy atom. The normalized spacial score (nSPS) is 12.0. The molecule has 0 aromatic carbocycles. The molecule has 27 heavy (non-hydrogen) atoms. The molecule has 4 nitrogen and oxygen atoms in total. The Morgan fingerprint density at radius 1 is 0.815 bits per heavy atom. The van der Waals surface area contributed by atoms with Gasteiger partial charge < -0.3 is 15.2 Å². The van der Waals surface area contributed by atoms with Gasteiger partial charge in [0.2, 0.25) is 5.91 Å². The first kappa shape index (κ1) is 26.1. The van der Waals surface area contributed by atoms with Gasteiger partial charge in [-0.25, -0.2) is 0 Å². The molecule has 0 aromatic heterocycles. The Labute approximate surface area is 169 Å². The van der Waals surface area contributed by atoms with Gasteiger partial charge in [-0.2, -0.15) is 0 Å². The predicted octanol–water partition coefficient (Wildman–Crippen LogP) is 6.10. The number of allylic oxidation sites excluding steroid dienone is 2. The zero-order valence-corrected chi connectivity index (χ0v) is 18.4. The monoisotopic (exact) mass is 382 g/mol. The number of amides is 1. The number of carbonyl (C=O) groups excluding carboxylic acids is 1. The lowest BCUT2D eigenvalue weighted by Crippen LogP contribution is -2.35. The molecule has 0 aliphatic heterocycles. The van der Waals surface area contributed by atoms with Crippen LogP contribution in [-0.2, 0) is 4.79 Å². The van der Waals surface area contributed by atoms with Crippen molar-refractivity contribution in [3.63, 3.8) is 0 Å². The van der Waals surface area contributed by atoms with Gasteiger partial charge in [-0.15, -0.1) is 0 Å². The van der Waals surface area contributed by atoms with Gasteiger partial charge in [0.1, 0.15) is 0 Å². The van der Waals surface area contributed by atoms with Crippen molar-refractivity contribution in [1.82, 2.24) is 5.32 Å². The van der Waals surface area contributed by atoms with E-state index in [4.69, 9.17) is 0 Å². The van der Waals surface area contributed by atoms with Gasteiger partial charge in [0, 0.05) is 19.4 Å². The van der Waals surface area contributed by atoms with Crippen LogP contribution in [0.5, 0.6) is 0 Å². The van der Waals surface area contributed by atoms with Crippen molar-refractivity contribution in [3.8, 4) is 0 Å². The van der Waals surface area contributed by atoms with Crippen molar-refractivity contribution in [2.75, 3.05) is 27.2 Å². The van der Waals surface area contributed by atoms with Crippen LogP contribution in [0, 0.1) is 5.21 Å². The molecule has 1 N–H and O–H groups in total. The summed E-state index contributed by atoms with van der Waals surface area (Å²) in [4.78, 5) is 11.7. The maximum Gasteiger partial charge on any atom is 0.219 e. The van der Waals surface area contributed by atoms with Gasteiger partial charge in [0.25, 0.3) is 0 Å². The quantitative estimate of drug-likeness (QED) is 0.127. The zero-order valence-electron chi connectivity index (χ0n) is 18.4. The van der Waals surface area contributed by atoms with Crippen LogP contribution in [-0.4, -0.2) is 37.7 Å². The average molecular weight is 383 g/mol. The SMILES string of the molecule is CCCCCCCC/C=C\CCCCCCCC(=O)NCCC[N+](C)(C)[O-]. The molecule has 1 amide bonds. The lowest BCUT2D eigenvalue weighted by Gasteiger charge is -2.33. The third-order valence-corrected chi connectivity index (χ3v) is 4.86. The van der Waals surface area contributed by atoms with Crippen LogP contribution in [0.3, 0.4) is 0 Å². The van der Waals surface area contributed by atoms with Crippen molar-refractivity contribution < 1.29 is 9.44 Å². The smallest absolute Gasteiger partial charge is 0.219 e. The van der Waals surface area contributed by atoms with E-state index in [9.17, 15) is 10.0 Å². The standard InChI is InChI=1S/C23H46N2O2/c1-4-5-6-7-8-9-10-11-12-13-14-15-16-17-18-20-23(26)24-21-19-22-25(2,3)27/h11-12H,4-10,13-22H2,1-3H3,(H,24,26)/b12-11-. The molecule has 0 atom stereocenters. The summed E-state index contributed by atoms with van der Waals surface area (Å²) in [6.45, 7) is 3.43. The molecule has 0 aromatic rings. The number of hydrogen-bond acceptors (Lipinski definition) is 2. The molecule has 0 bridgehead atoms. The van der Waals surface area contributed by atoms with E-state index in [-0.39, 0.29) is 10.6 Å². The molecule has 0 heterocycles. The van der Waals surface area contributed by atoms with Gasteiger partial charge in [-0.3, -0.25) is 4.79 Å². The minimum absolute atomic E-state index is 0.129. The number of hydrogen-bond donors (Lipinski definition) is 1. The summed E-state index contributed by atoms with van der Waals surface area (Å²) in [5, 5.41) is 14.3. The van der Waals surface area contributed by atoms with E-state index in [1.807, 2.05) is 0 Å². The molecule has 0 fully saturated rings. The van der Waals surface area contributed by atoms with Crippen molar-refractivity contribution in [1.29, 1.82) is 0 Å². The number of carbonyl (C=O) groups is 1. The fraction of sp³-hybridized carbons (Fsp3) is 0.870. The van der Waals surface area contributed by atoms with Crippen LogP contribution in [0.1, 0.15) is 103 Å². The third-order valence-electron chi connectivity index (χ3n) is 4.86. The van der Waals surface area contributed by atoms with Crippen LogP contribution < -0.4 is 5.32 Å². The van der Waals surface area contributed by atoms with Crippen molar-refractivity contribution >= 4 is 5.91 Å². The Hall–Kier alpha value is -0.870. The van der Waals surface area contributed by atoms with E-state index in [0.717, 1.165) is 19.3 Å². The summed E-state index contributed by atoms with van der Waals surface area (Å²) < 4.78 is -0.288. The maximum absolute atomic E-state index is 11.7. The molecular weight excluding hydrogens is 336 g/mol. The highest BCUT2D eigenvalue weighted by Crippen LogP contribution is 2.10. The molecule has 0 aliphatic carbocycles. The fourth-order valence-electron chi connectivity index (χ4n) is 3.13. The van der Waals surface area contributed by atoms with E-state index in [2.05, 4.69) is 24.4 Å². The zero-order chi connectivity index (χ0) is 20.2. The average Bonchev–Trinajstić information content (AvgIpc) is 2.61. The lowest BCUT2D eigenvalue weighted by molar-refractivity contribution is -0.840. The number of nitrogens with one attached hydrogen (secondary N) is 1. The van der Waals surface area contributed by atoms with Crippen molar-refractivity contribution in [2.24, 2.45) is 0 Å². The Kier molecular flexibility index (Phi) is 17.9. The number of unbranched alkanes of at least 4 members (excludes halogenated alkanes) is 11. The number of nitrogens with zero attached hydrogens (tertiary/aromatic N) is 1. The van der Waals surface area contributed by atoms with Crippen LogP contribution >= 0.6 is 0 Å². The molecule has 0 saturated heterocycles. The largest absolute Gasteiger partial charge is 0.633 e. The first-order valence-electron chi connectivity index (χ1n) is 11.4. The van der Waals surface area contributed by atoms with Gasteiger partial charge in [-0.1, -0.05) is 70.4 Å². The van der Waals surface area contributed by atoms with Gasteiger partial charge in [0.15, 0.2) is 0 Å². The molecule has 0 aliphatic rings. The highest BCUT2D eigenvalue weighted by molar-refractivity contribution is 5.75. The summed E-state index contributed by atoms with van der Waals surface area (Å²) in [5.74, 6) is 0.129. The Morgan fingerprint density at radius 3 is 1.89 bits per heavy atom. The van der Waals surface area contributed by atoms with Crippen LogP contribution in [0.4, 0.5) is 0 Å². The van der Waals surface area contributed by atoms with Gasteiger partial charge in [-0.05, 0) is 32.1 Å². The minimum Gasteiger partial charge on any atom is -0.633 e. The maximum atomic E-state index is 11.7. The summed E-state index contributed by atoms with van der Waals surface area (Å²) >= 11 is 0. The van der Waals surface area contributed by atoms with E-state index in [0.29, 0.717) is 19.5 Å². The van der Waals surface area contributed by atoms with Gasteiger partial charge in [0.05, 0.1) is 20.6 Å². The number of quaternary nitrogens is 1. The second-order valence-corrected chi connectivity index (χ2v) is 8.34. The molecular formula is C23H46N2O2. The molecule has 0 rings (SSSR count). The van der Waals surface area contributed by atoms with E-state index >= 15 is 0 Å². The van der Waals surface area contributed by atoms with Crippen LogP contribution in [0.15, 0.2) is 12.2 Å². The summed E-state index contributed by atoms with van der Waals surface area (Å²) in [6.07, 6.45) is 22.6. The second kappa shape index (κ2) is 18.5. The fourth-order valence-corrected chi connectivity index (χ4v) is 3.13. The van der Waals surface area contributed by atoms with Crippen molar-refractivity contribution in [3.05, 3.63) is 17.4 Å². The number of rotatable bonds is 19. The highest BCUT2D eigenvalue weighted by atomic mass is 16.5. The molecule has 0 saturated carbocycles. The van der Waals surface area contributed by atoms with E-state index < -0.39 is 0 Å². The first-order chi connectivity index (χ1) is 13.0. The highest BCUT2D eigenvalue weighted by Gasteiger charge is 2.03. The Bertz CT molecular complexity index is 362. The third kappa shape index (κ3) is 23.1. The van der Waals surface area contributed by atoms with Crippen LogP contribution in [0.25, 0.3) is 0 Å². The molecule has 0 spiro atoms. The van der Waals surface area contributed by atoms with Crippen molar-refractivity contribution in [2.45, 2.75) is 103 Å². The molecule has 160 valence electrons. The summed E-state index contributed by atoms with van der Waals surface area (Å²) in [6, 6.07) is 0. The minimum atomic E-state index is -0.288. The van der Waals surface area contributed by atoms with Gasteiger partial charge >= 0.3 is 0 Å². The molecule has 4 heteroatoms. The molecule has 0 radical (unpaired) electrons. The van der Waals surface area contributed by atoms with E-state index in [1.54, 1.807) is 14.1 Å². The number of hydroxylamine groups is 3.